The lowest BCUT2D eigenvalue weighted by molar-refractivity contribution is -0.384. The zero-order valence-electron chi connectivity index (χ0n) is 14.0. The highest BCUT2D eigenvalue weighted by Crippen LogP contribution is 2.24. The number of carbonyl (C=O) groups is 2. The summed E-state index contributed by atoms with van der Waals surface area (Å²) >= 11 is 5.88. The maximum atomic E-state index is 12.7. The molecule has 3 rings (SSSR count). The number of hydrogen-bond acceptors (Lipinski definition) is 4. The molecule has 0 aromatic heterocycles. The van der Waals surface area contributed by atoms with Crippen LogP contribution in [0, 0.1) is 10.1 Å². The summed E-state index contributed by atoms with van der Waals surface area (Å²) in [5, 5.41) is 11.3. The van der Waals surface area contributed by atoms with Crippen molar-refractivity contribution in [3.8, 4) is 0 Å². The number of non-ortho nitro benzene ring substituents is 1. The summed E-state index contributed by atoms with van der Waals surface area (Å²) < 4.78 is 0. The lowest BCUT2D eigenvalue weighted by Gasteiger charge is -2.39. The van der Waals surface area contributed by atoms with Gasteiger partial charge in [-0.05, 0) is 43.3 Å². The van der Waals surface area contributed by atoms with Crippen molar-refractivity contribution in [2.75, 3.05) is 18.0 Å². The summed E-state index contributed by atoms with van der Waals surface area (Å²) in [6.45, 7) is 2.41. The molecule has 134 valence electrons. The van der Waals surface area contributed by atoms with Gasteiger partial charge in [0.1, 0.15) is 6.04 Å². The summed E-state index contributed by atoms with van der Waals surface area (Å²) in [5.41, 5.74) is 0.960. The van der Waals surface area contributed by atoms with Gasteiger partial charge in [-0.15, -0.1) is 0 Å². The van der Waals surface area contributed by atoms with Crippen molar-refractivity contribution in [2.24, 2.45) is 0 Å². The molecule has 1 aliphatic rings. The number of carbonyl (C=O) groups excluding carboxylic acids is 2. The molecule has 0 N–H and O–H groups in total. The number of hydrogen-bond donors (Lipinski definition) is 0. The Bertz CT molecular complexity index is 852. The Hall–Kier alpha value is -2.93. The Kier molecular flexibility index (Phi) is 4.90. The molecule has 2 aromatic rings. The van der Waals surface area contributed by atoms with Crippen LogP contribution in [0.1, 0.15) is 17.3 Å². The first kappa shape index (κ1) is 17.9. The quantitative estimate of drug-likeness (QED) is 0.611. The number of halogens is 1. The standard InChI is InChI=1S/C18H16ClN3O4/c1-12-17(23)21(15-8-4-14(19)5-9-15)11-10-20(12)18(24)13-2-6-16(7-3-13)22(25)26/h2-9,12H,10-11H2,1H3/t12-/m1/s1. The van der Waals surface area contributed by atoms with E-state index in [1.165, 1.54) is 29.2 Å². The van der Waals surface area contributed by atoms with Crippen LogP contribution in [0.15, 0.2) is 48.5 Å². The van der Waals surface area contributed by atoms with Gasteiger partial charge in [-0.3, -0.25) is 19.7 Å². The van der Waals surface area contributed by atoms with E-state index in [1.807, 2.05) is 0 Å². The third-order valence-electron chi connectivity index (χ3n) is 4.38. The molecule has 2 amide bonds. The highest BCUT2D eigenvalue weighted by Gasteiger charge is 2.35. The van der Waals surface area contributed by atoms with Gasteiger partial charge in [0, 0.05) is 41.5 Å². The molecular weight excluding hydrogens is 358 g/mol. The third kappa shape index (κ3) is 3.39. The first-order valence-electron chi connectivity index (χ1n) is 8.01. The van der Waals surface area contributed by atoms with Gasteiger partial charge in [0.05, 0.1) is 4.92 Å². The second kappa shape index (κ2) is 7.13. The summed E-state index contributed by atoms with van der Waals surface area (Å²) in [6, 6.07) is 11.7. The van der Waals surface area contributed by atoms with E-state index in [4.69, 9.17) is 11.6 Å². The van der Waals surface area contributed by atoms with Gasteiger partial charge in [0.2, 0.25) is 5.91 Å². The molecule has 0 unspecified atom stereocenters. The number of amides is 2. The van der Waals surface area contributed by atoms with Crippen LogP contribution in [0.5, 0.6) is 0 Å². The maximum Gasteiger partial charge on any atom is 0.269 e. The predicted molar refractivity (Wildman–Crippen MR) is 97.4 cm³/mol. The van der Waals surface area contributed by atoms with Crippen molar-refractivity contribution in [2.45, 2.75) is 13.0 Å². The van der Waals surface area contributed by atoms with Gasteiger partial charge in [-0.25, -0.2) is 0 Å². The highest BCUT2D eigenvalue weighted by atomic mass is 35.5. The zero-order valence-corrected chi connectivity index (χ0v) is 14.7. The summed E-state index contributed by atoms with van der Waals surface area (Å²) in [5.74, 6) is -0.509. The van der Waals surface area contributed by atoms with Crippen LogP contribution >= 0.6 is 11.6 Å². The Labute approximate surface area is 154 Å². The van der Waals surface area contributed by atoms with E-state index in [0.717, 1.165) is 5.69 Å². The average Bonchev–Trinajstić information content (AvgIpc) is 2.64. The van der Waals surface area contributed by atoms with Crippen molar-refractivity contribution in [1.29, 1.82) is 0 Å². The molecule has 0 bridgehead atoms. The SMILES string of the molecule is C[C@@H]1C(=O)N(c2ccc(Cl)cc2)CCN1C(=O)c1ccc([N+](=O)[O-])cc1. The van der Waals surface area contributed by atoms with Gasteiger partial charge in [0.15, 0.2) is 0 Å². The fraction of sp³-hybridized carbons (Fsp3) is 0.222. The van der Waals surface area contributed by atoms with Crippen molar-refractivity contribution in [3.05, 3.63) is 69.2 Å². The molecule has 8 heteroatoms. The van der Waals surface area contributed by atoms with Crippen LogP contribution in [-0.4, -0.2) is 40.8 Å². The molecule has 1 atom stereocenters. The highest BCUT2D eigenvalue weighted by molar-refractivity contribution is 6.30. The third-order valence-corrected chi connectivity index (χ3v) is 4.63. The number of nitrogens with zero attached hydrogens (tertiary/aromatic N) is 3. The Morgan fingerprint density at radius 3 is 2.31 bits per heavy atom. The van der Waals surface area contributed by atoms with E-state index in [-0.39, 0.29) is 17.5 Å². The number of anilines is 1. The fourth-order valence-corrected chi connectivity index (χ4v) is 3.04. The van der Waals surface area contributed by atoms with Crippen LogP contribution in [-0.2, 0) is 4.79 Å². The lowest BCUT2D eigenvalue weighted by Crippen LogP contribution is -2.57. The van der Waals surface area contributed by atoms with Crippen LogP contribution < -0.4 is 4.90 Å². The van der Waals surface area contributed by atoms with E-state index in [1.54, 1.807) is 36.1 Å². The van der Waals surface area contributed by atoms with Gasteiger partial charge in [-0.2, -0.15) is 0 Å². The molecule has 7 nitrogen and oxygen atoms in total. The maximum absolute atomic E-state index is 12.7. The van der Waals surface area contributed by atoms with Gasteiger partial charge in [-0.1, -0.05) is 11.6 Å². The predicted octanol–water partition coefficient (Wildman–Crippen LogP) is 3.13. The monoisotopic (exact) mass is 373 g/mol. The van der Waals surface area contributed by atoms with Crippen molar-refractivity contribution in [1.82, 2.24) is 4.90 Å². The molecule has 0 aliphatic carbocycles. The average molecular weight is 374 g/mol. The normalized spacial score (nSPS) is 17.3. The van der Waals surface area contributed by atoms with E-state index >= 15 is 0 Å². The Morgan fingerprint density at radius 1 is 1.12 bits per heavy atom. The Morgan fingerprint density at radius 2 is 1.73 bits per heavy atom. The van der Waals surface area contributed by atoms with Crippen molar-refractivity contribution >= 4 is 34.8 Å². The van der Waals surface area contributed by atoms with Crippen LogP contribution in [0.2, 0.25) is 5.02 Å². The first-order valence-corrected chi connectivity index (χ1v) is 8.38. The zero-order chi connectivity index (χ0) is 18.8. The molecule has 0 spiro atoms. The summed E-state index contributed by atoms with van der Waals surface area (Å²) in [6.07, 6.45) is 0. The topological polar surface area (TPSA) is 83.8 Å². The first-order chi connectivity index (χ1) is 12.4. The minimum absolute atomic E-state index is 0.0850. The number of benzene rings is 2. The Balaban J connectivity index is 1.76. The van der Waals surface area contributed by atoms with E-state index in [9.17, 15) is 19.7 Å². The second-order valence-electron chi connectivity index (χ2n) is 5.94. The molecular formula is C18H16ClN3O4. The fourth-order valence-electron chi connectivity index (χ4n) is 2.92. The molecule has 1 saturated heterocycles. The van der Waals surface area contributed by atoms with Crippen LogP contribution in [0.25, 0.3) is 0 Å². The lowest BCUT2D eigenvalue weighted by atomic mass is 10.1. The van der Waals surface area contributed by atoms with Crippen molar-refractivity contribution < 1.29 is 14.5 Å². The summed E-state index contributed by atoms with van der Waals surface area (Å²) in [7, 11) is 0. The molecule has 1 fully saturated rings. The summed E-state index contributed by atoms with van der Waals surface area (Å²) in [4.78, 5) is 38.7. The number of piperazine rings is 1. The van der Waals surface area contributed by atoms with Crippen LogP contribution in [0.3, 0.4) is 0 Å². The molecule has 0 saturated carbocycles. The van der Waals surface area contributed by atoms with E-state index in [2.05, 4.69) is 0 Å². The van der Waals surface area contributed by atoms with E-state index < -0.39 is 11.0 Å². The number of rotatable bonds is 3. The van der Waals surface area contributed by atoms with Gasteiger partial charge >= 0.3 is 0 Å². The molecule has 2 aromatic carbocycles. The number of nitro benzene ring substituents is 1. The molecule has 1 heterocycles. The van der Waals surface area contributed by atoms with Gasteiger partial charge in [0.25, 0.3) is 11.6 Å². The molecule has 26 heavy (non-hydrogen) atoms. The van der Waals surface area contributed by atoms with Crippen molar-refractivity contribution in [3.63, 3.8) is 0 Å². The molecule has 0 radical (unpaired) electrons. The van der Waals surface area contributed by atoms with E-state index in [0.29, 0.717) is 23.7 Å². The minimum atomic E-state index is -0.637. The second-order valence-corrected chi connectivity index (χ2v) is 6.38. The van der Waals surface area contributed by atoms with Gasteiger partial charge < -0.3 is 9.80 Å². The largest absolute Gasteiger partial charge is 0.325 e. The number of nitro groups is 1. The minimum Gasteiger partial charge on any atom is -0.325 e. The smallest absolute Gasteiger partial charge is 0.269 e. The molecule has 1 aliphatic heterocycles. The van der Waals surface area contributed by atoms with Crippen LogP contribution in [0.4, 0.5) is 11.4 Å².